The molecule has 1 heterocycles. The van der Waals surface area contributed by atoms with Crippen LogP contribution in [0.2, 0.25) is 0 Å². The SMILES string of the molecule is FC(F)(F)C(F)(N1C(F)(F)C(F)(F)C(F)(F)C(F)(F)C1(F)C(F)(C(F)(F)F)C(F)(F)F)C(F)(F)C(F)(C(F)(F)F)C(F)(F)F. The van der Waals surface area contributed by atoms with E-state index in [2.05, 4.69) is 0 Å². The normalized spacial score (nSPS) is 27.2. The van der Waals surface area contributed by atoms with Crippen LogP contribution in [0.15, 0.2) is 0 Å². The summed E-state index contributed by atoms with van der Waals surface area (Å²) in [4.78, 5) is -6.35. The summed E-state index contributed by atoms with van der Waals surface area (Å²) in [5, 5.41) is 0. The summed E-state index contributed by atoms with van der Waals surface area (Å²) >= 11 is 0. The number of alkyl halides is 29. The zero-order valence-corrected chi connectivity index (χ0v) is 18.4. The molecule has 0 bridgehead atoms. The zero-order valence-electron chi connectivity index (χ0n) is 18.4. The Morgan fingerprint density at radius 2 is 0.636 bits per heavy atom. The van der Waals surface area contributed by atoms with Crippen molar-refractivity contribution in [1.29, 1.82) is 0 Å². The summed E-state index contributed by atoms with van der Waals surface area (Å²) < 4.78 is 394. The molecule has 2 atom stereocenters. The number of hydrogen-bond acceptors (Lipinski definition) is 1. The maximum Gasteiger partial charge on any atom is 0.443 e. The first kappa shape index (κ1) is 40.0. The van der Waals surface area contributed by atoms with Crippen molar-refractivity contribution >= 4 is 0 Å². The molecule has 2 unspecified atom stereocenters. The van der Waals surface area contributed by atoms with E-state index < -0.39 is 88.4 Å². The topological polar surface area (TPSA) is 3.24 Å². The summed E-state index contributed by atoms with van der Waals surface area (Å²) in [6.45, 7) is 0. The van der Waals surface area contributed by atoms with Crippen molar-refractivity contribution < 1.29 is 127 Å². The van der Waals surface area contributed by atoms with E-state index in [1.165, 1.54) is 0 Å². The Morgan fingerprint density at radius 3 is 0.864 bits per heavy atom. The minimum atomic E-state index is -10.5. The molecule has 0 saturated carbocycles. The summed E-state index contributed by atoms with van der Waals surface area (Å²) in [6, 6.07) is -9.80. The number of hydrogen-bond donors (Lipinski definition) is 0. The molecular weight excluding hydrogens is 733 g/mol. The Balaban J connectivity index is 5.05. The Bertz CT molecular complexity index is 1070. The van der Waals surface area contributed by atoms with Crippen LogP contribution in [0.3, 0.4) is 0 Å². The van der Waals surface area contributed by atoms with Crippen molar-refractivity contribution in [2.24, 2.45) is 0 Å². The van der Waals surface area contributed by atoms with E-state index in [0.717, 1.165) is 0 Å². The average molecular weight is 733 g/mol. The van der Waals surface area contributed by atoms with E-state index in [9.17, 15) is 119 Å². The third kappa shape index (κ3) is 3.94. The van der Waals surface area contributed by atoms with Gasteiger partial charge >= 0.3 is 77.7 Å². The van der Waals surface area contributed by atoms with Gasteiger partial charge in [0.2, 0.25) is 0 Å². The summed E-state index contributed by atoms with van der Waals surface area (Å²) in [5.41, 5.74) is -19.9. The second-order valence-electron chi connectivity index (χ2n) is 8.22. The lowest BCUT2D eigenvalue weighted by Crippen LogP contribution is -2.95. The molecule has 0 aliphatic carbocycles. The summed E-state index contributed by atoms with van der Waals surface area (Å²) in [6.07, 6.45) is -46.7. The second kappa shape index (κ2) is 9.05. The van der Waals surface area contributed by atoms with Gasteiger partial charge in [0.05, 0.1) is 0 Å². The number of rotatable bonds is 4. The third-order valence-electron chi connectivity index (χ3n) is 5.72. The summed E-state index contributed by atoms with van der Waals surface area (Å²) in [5.74, 6) is -59.8. The van der Waals surface area contributed by atoms with Gasteiger partial charge < -0.3 is 0 Å². The van der Waals surface area contributed by atoms with Gasteiger partial charge in [0.25, 0.3) is 5.79 Å². The van der Waals surface area contributed by atoms with Crippen molar-refractivity contribution in [3.63, 3.8) is 0 Å². The molecule has 0 aromatic heterocycles. The molecule has 0 N–H and O–H groups in total. The zero-order chi connectivity index (χ0) is 36.6. The van der Waals surface area contributed by atoms with Crippen molar-refractivity contribution in [2.45, 2.75) is 83.5 Å². The number of likely N-dealkylation sites (tertiary alicyclic amines) is 1. The highest BCUT2D eigenvalue weighted by Gasteiger charge is 3.08. The van der Waals surface area contributed by atoms with E-state index in [4.69, 9.17) is 0 Å². The smallest absolute Gasteiger partial charge is 0.218 e. The third-order valence-corrected chi connectivity index (χ3v) is 5.72. The van der Waals surface area contributed by atoms with Gasteiger partial charge in [-0.3, -0.25) is 0 Å². The maximum atomic E-state index is 15.2. The maximum absolute atomic E-state index is 15.2. The number of halogens is 29. The fourth-order valence-electron chi connectivity index (χ4n) is 3.57. The van der Waals surface area contributed by atoms with Crippen molar-refractivity contribution in [1.82, 2.24) is 4.90 Å². The lowest BCUT2D eigenvalue weighted by molar-refractivity contribution is -0.573. The standard InChI is InChI=1S/C14F29N/c15-1(9(27,28)29,10(30,31)32)3(17,18)8(26,13(39,40)41)44-7(25,2(16,11(33,34)35)12(36,37)38)5(21,22)4(19,20)6(23,24)14(44,42)43. The van der Waals surface area contributed by atoms with Gasteiger partial charge in [0, 0.05) is 0 Å². The number of nitrogens with zero attached hydrogens (tertiary/aromatic N) is 1. The molecule has 1 aliphatic rings. The van der Waals surface area contributed by atoms with E-state index in [-0.39, 0.29) is 0 Å². The predicted molar refractivity (Wildman–Crippen MR) is 72.2 cm³/mol. The van der Waals surface area contributed by atoms with Crippen LogP contribution in [0.5, 0.6) is 0 Å². The van der Waals surface area contributed by atoms with Crippen LogP contribution < -0.4 is 0 Å². The monoisotopic (exact) mass is 733 g/mol. The Kier molecular flexibility index (Phi) is 8.22. The van der Waals surface area contributed by atoms with Gasteiger partial charge in [-0.05, 0) is 0 Å². The van der Waals surface area contributed by atoms with Gasteiger partial charge in [0.1, 0.15) is 0 Å². The first-order valence-corrected chi connectivity index (χ1v) is 9.15. The molecule has 1 saturated heterocycles. The van der Waals surface area contributed by atoms with Crippen molar-refractivity contribution in [3.05, 3.63) is 0 Å². The Labute approximate surface area is 217 Å². The first-order chi connectivity index (χ1) is 18.4. The molecular formula is C14F29N. The van der Waals surface area contributed by atoms with E-state index >= 15 is 8.78 Å². The molecule has 0 amide bonds. The van der Waals surface area contributed by atoms with Gasteiger partial charge in [0.15, 0.2) is 0 Å². The molecule has 1 aliphatic heterocycles. The van der Waals surface area contributed by atoms with Crippen molar-refractivity contribution in [3.8, 4) is 0 Å². The van der Waals surface area contributed by atoms with Gasteiger partial charge in [-0.15, -0.1) is 4.90 Å². The second-order valence-corrected chi connectivity index (χ2v) is 8.22. The minimum absolute atomic E-state index is 6.35. The molecule has 0 radical (unpaired) electrons. The molecule has 1 fully saturated rings. The van der Waals surface area contributed by atoms with Crippen molar-refractivity contribution in [2.75, 3.05) is 0 Å². The van der Waals surface area contributed by atoms with Gasteiger partial charge in [-0.2, -0.15) is 110 Å². The number of piperidine rings is 1. The highest BCUT2D eigenvalue weighted by atomic mass is 19.5. The molecule has 1 nitrogen and oxygen atoms in total. The van der Waals surface area contributed by atoms with Gasteiger partial charge in [-0.25, -0.2) is 17.6 Å². The van der Waals surface area contributed by atoms with E-state index in [1.54, 1.807) is 0 Å². The summed E-state index contributed by atoms with van der Waals surface area (Å²) in [7, 11) is 0. The fraction of sp³-hybridized carbons (Fsp3) is 1.00. The van der Waals surface area contributed by atoms with E-state index in [1.807, 2.05) is 0 Å². The predicted octanol–water partition coefficient (Wildman–Crippen LogP) is 9.00. The van der Waals surface area contributed by atoms with Crippen LogP contribution in [-0.4, -0.2) is 88.4 Å². The van der Waals surface area contributed by atoms with Crippen LogP contribution in [0.4, 0.5) is 127 Å². The lowest BCUT2D eigenvalue weighted by atomic mass is 9.73. The van der Waals surface area contributed by atoms with Crippen LogP contribution in [-0.2, 0) is 0 Å². The van der Waals surface area contributed by atoms with Crippen LogP contribution in [0.25, 0.3) is 0 Å². The Morgan fingerprint density at radius 1 is 0.341 bits per heavy atom. The largest absolute Gasteiger partial charge is 0.443 e. The molecule has 1 rings (SSSR count). The minimum Gasteiger partial charge on any atom is -0.218 e. The molecule has 44 heavy (non-hydrogen) atoms. The molecule has 264 valence electrons. The fourth-order valence-corrected chi connectivity index (χ4v) is 3.57. The quantitative estimate of drug-likeness (QED) is 0.206. The highest BCUT2D eigenvalue weighted by Crippen LogP contribution is 2.75. The van der Waals surface area contributed by atoms with Crippen LogP contribution in [0.1, 0.15) is 0 Å². The Hall–Kier alpha value is -2.07. The molecule has 0 aromatic rings. The molecule has 0 aromatic carbocycles. The van der Waals surface area contributed by atoms with Crippen LogP contribution in [0, 0.1) is 0 Å². The first-order valence-electron chi connectivity index (χ1n) is 9.15. The average Bonchev–Trinajstić information content (AvgIpc) is 2.71. The van der Waals surface area contributed by atoms with Crippen LogP contribution >= 0.6 is 0 Å². The molecule has 0 spiro atoms. The highest BCUT2D eigenvalue weighted by molar-refractivity contribution is 5.31. The van der Waals surface area contributed by atoms with E-state index in [0.29, 0.717) is 0 Å². The van der Waals surface area contributed by atoms with Gasteiger partial charge in [-0.1, -0.05) is 0 Å². The lowest BCUT2D eigenvalue weighted by Gasteiger charge is -2.62. The molecule has 30 heteroatoms.